The number of rotatable bonds is 5. The van der Waals surface area contributed by atoms with Crippen molar-refractivity contribution in [2.45, 2.75) is 40.3 Å². The van der Waals surface area contributed by atoms with Crippen LogP contribution in [0.5, 0.6) is 0 Å². The van der Waals surface area contributed by atoms with Gasteiger partial charge in [0.25, 0.3) is 0 Å². The fourth-order valence-electron chi connectivity index (χ4n) is 2.19. The Bertz CT molecular complexity index is 606. The summed E-state index contributed by atoms with van der Waals surface area (Å²) in [6.07, 6.45) is 3.44. The summed E-state index contributed by atoms with van der Waals surface area (Å²) in [5.41, 5.74) is 0.920. The van der Waals surface area contributed by atoms with Crippen molar-refractivity contribution in [1.82, 2.24) is 25.1 Å². The van der Waals surface area contributed by atoms with Crippen molar-refractivity contribution in [2.75, 3.05) is 0 Å². The largest absolute Gasteiger partial charge is 0.346 e. The Labute approximate surface area is 124 Å². The van der Waals surface area contributed by atoms with Crippen molar-refractivity contribution < 1.29 is 4.79 Å². The SMILES string of the molecule is CCn1nc(-c2ccncc2)nc1C(NC(C)=O)C(C)C. The second-order valence-corrected chi connectivity index (χ2v) is 5.27. The molecule has 21 heavy (non-hydrogen) atoms. The predicted molar refractivity (Wildman–Crippen MR) is 80.3 cm³/mol. The fraction of sp³-hybridized carbons (Fsp3) is 0.467. The van der Waals surface area contributed by atoms with Gasteiger partial charge in [0.1, 0.15) is 5.82 Å². The standard InChI is InChI=1S/C15H21N5O/c1-5-20-15(13(10(2)3)17-11(4)21)18-14(19-20)12-6-8-16-9-7-12/h6-10,13H,5H2,1-4H3,(H,17,21). The first-order chi connectivity index (χ1) is 10.0. The molecule has 2 rings (SSSR count). The van der Waals surface area contributed by atoms with Gasteiger partial charge in [-0.2, -0.15) is 5.10 Å². The highest BCUT2D eigenvalue weighted by molar-refractivity contribution is 5.73. The minimum atomic E-state index is -0.148. The van der Waals surface area contributed by atoms with Crippen LogP contribution in [0.3, 0.4) is 0 Å². The minimum Gasteiger partial charge on any atom is -0.346 e. The molecule has 2 aromatic heterocycles. The second kappa shape index (κ2) is 6.47. The van der Waals surface area contributed by atoms with Crippen LogP contribution in [0, 0.1) is 5.92 Å². The summed E-state index contributed by atoms with van der Waals surface area (Å²) in [4.78, 5) is 20.1. The van der Waals surface area contributed by atoms with E-state index < -0.39 is 0 Å². The van der Waals surface area contributed by atoms with E-state index in [0.717, 1.165) is 11.4 Å². The summed E-state index contributed by atoms with van der Waals surface area (Å²) in [6.45, 7) is 8.35. The molecule has 0 bridgehead atoms. The molecule has 2 heterocycles. The maximum absolute atomic E-state index is 11.4. The number of nitrogens with zero attached hydrogens (tertiary/aromatic N) is 4. The van der Waals surface area contributed by atoms with Crippen LogP contribution in [0.4, 0.5) is 0 Å². The van der Waals surface area contributed by atoms with Gasteiger partial charge in [0.05, 0.1) is 6.04 Å². The van der Waals surface area contributed by atoms with E-state index in [1.165, 1.54) is 6.92 Å². The number of pyridine rings is 1. The molecular weight excluding hydrogens is 266 g/mol. The van der Waals surface area contributed by atoms with Crippen LogP contribution in [0.2, 0.25) is 0 Å². The molecule has 1 amide bonds. The molecule has 2 aromatic rings. The van der Waals surface area contributed by atoms with Crippen LogP contribution >= 0.6 is 0 Å². The molecule has 0 aromatic carbocycles. The number of carbonyl (C=O) groups is 1. The minimum absolute atomic E-state index is 0.0650. The highest BCUT2D eigenvalue weighted by Crippen LogP contribution is 2.23. The number of aromatic nitrogens is 4. The number of carbonyl (C=O) groups excluding carboxylic acids is 1. The summed E-state index contributed by atoms with van der Waals surface area (Å²) in [6, 6.07) is 3.61. The number of hydrogen-bond acceptors (Lipinski definition) is 4. The van der Waals surface area contributed by atoms with Crippen molar-refractivity contribution in [1.29, 1.82) is 0 Å². The van der Waals surface area contributed by atoms with Gasteiger partial charge in [0, 0.05) is 31.4 Å². The van der Waals surface area contributed by atoms with Crippen LogP contribution in [-0.4, -0.2) is 25.7 Å². The zero-order valence-corrected chi connectivity index (χ0v) is 12.9. The third-order valence-corrected chi connectivity index (χ3v) is 3.24. The van der Waals surface area contributed by atoms with Crippen LogP contribution < -0.4 is 5.32 Å². The Kier molecular flexibility index (Phi) is 4.67. The zero-order chi connectivity index (χ0) is 15.4. The molecule has 1 unspecified atom stereocenters. The number of amides is 1. The van der Waals surface area contributed by atoms with Crippen molar-refractivity contribution >= 4 is 5.91 Å². The number of hydrogen-bond donors (Lipinski definition) is 1. The lowest BCUT2D eigenvalue weighted by atomic mass is 10.0. The van der Waals surface area contributed by atoms with Crippen LogP contribution in [0.1, 0.15) is 39.6 Å². The summed E-state index contributed by atoms with van der Waals surface area (Å²) in [7, 11) is 0. The Hall–Kier alpha value is -2.24. The fourth-order valence-corrected chi connectivity index (χ4v) is 2.19. The lowest BCUT2D eigenvalue weighted by Gasteiger charge is -2.21. The van der Waals surface area contributed by atoms with Gasteiger partial charge >= 0.3 is 0 Å². The number of nitrogens with one attached hydrogen (secondary N) is 1. The molecule has 0 saturated heterocycles. The van der Waals surface area contributed by atoms with E-state index in [2.05, 4.69) is 34.2 Å². The molecule has 6 heteroatoms. The Balaban J connectivity index is 2.43. The van der Waals surface area contributed by atoms with Crippen LogP contribution in [0.25, 0.3) is 11.4 Å². The Morgan fingerprint density at radius 1 is 1.33 bits per heavy atom. The van der Waals surface area contributed by atoms with Gasteiger partial charge in [-0.15, -0.1) is 0 Å². The normalized spacial score (nSPS) is 12.4. The molecule has 1 N–H and O–H groups in total. The van der Waals surface area contributed by atoms with E-state index in [-0.39, 0.29) is 17.9 Å². The van der Waals surface area contributed by atoms with Crippen molar-refractivity contribution in [3.63, 3.8) is 0 Å². The van der Waals surface area contributed by atoms with Crippen molar-refractivity contribution in [3.8, 4) is 11.4 Å². The molecule has 1 atom stereocenters. The summed E-state index contributed by atoms with van der Waals surface area (Å²) >= 11 is 0. The van der Waals surface area contributed by atoms with E-state index in [1.54, 1.807) is 12.4 Å². The van der Waals surface area contributed by atoms with E-state index in [0.29, 0.717) is 12.4 Å². The third kappa shape index (κ3) is 3.45. The summed E-state index contributed by atoms with van der Waals surface area (Å²) in [5.74, 6) is 1.61. The highest BCUT2D eigenvalue weighted by atomic mass is 16.1. The smallest absolute Gasteiger partial charge is 0.217 e. The van der Waals surface area contributed by atoms with Gasteiger partial charge in [-0.05, 0) is 25.0 Å². The van der Waals surface area contributed by atoms with Gasteiger partial charge in [-0.3, -0.25) is 9.78 Å². The first-order valence-electron chi connectivity index (χ1n) is 7.15. The van der Waals surface area contributed by atoms with Crippen LogP contribution in [0.15, 0.2) is 24.5 Å². The van der Waals surface area contributed by atoms with Crippen molar-refractivity contribution in [3.05, 3.63) is 30.4 Å². The van der Waals surface area contributed by atoms with Gasteiger partial charge in [-0.1, -0.05) is 13.8 Å². The highest BCUT2D eigenvalue weighted by Gasteiger charge is 2.24. The van der Waals surface area contributed by atoms with E-state index in [1.807, 2.05) is 23.7 Å². The first kappa shape index (κ1) is 15.2. The predicted octanol–water partition coefficient (Wildman–Crippen LogP) is 2.19. The Morgan fingerprint density at radius 3 is 2.52 bits per heavy atom. The molecule has 112 valence electrons. The molecule has 0 saturated carbocycles. The molecule has 6 nitrogen and oxygen atoms in total. The molecule has 0 aliphatic heterocycles. The molecule has 0 spiro atoms. The van der Waals surface area contributed by atoms with Gasteiger partial charge in [0.2, 0.25) is 5.91 Å². The average Bonchev–Trinajstić information content (AvgIpc) is 2.89. The van der Waals surface area contributed by atoms with E-state index >= 15 is 0 Å². The summed E-state index contributed by atoms with van der Waals surface area (Å²) in [5, 5.41) is 7.50. The van der Waals surface area contributed by atoms with Gasteiger partial charge in [-0.25, -0.2) is 9.67 Å². The lowest BCUT2D eigenvalue weighted by molar-refractivity contribution is -0.120. The summed E-state index contributed by atoms with van der Waals surface area (Å²) < 4.78 is 1.84. The molecule has 0 fully saturated rings. The average molecular weight is 287 g/mol. The molecule has 0 radical (unpaired) electrons. The lowest BCUT2D eigenvalue weighted by Crippen LogP contribution is -2.32. The maximum atomic E-state index is 11.4. The van der Waals surface area contributed by atoms with Crippen LogP contribution in [-0.2, 0) is 11.3 Å². The topological polar surface area (TPSA) is 72.7 Å². The molecule has 0 aliphatic rings. The van der Waals surface area contributed by atoms with E-state index in [9.17, 15) is 4.79 Å². The van der Waals surface area contributed by atoms with Gasteiger partial charge in [0.15, 0.2) is 5.82 Å². The first-order valence-corrected chi connectivity index (χ1v) is 7.15. The molecular formula is C15H21N5O. The van der Waals surface area contributed by atoms with Crippen molar-refractivity contribution in [2.24, 2.45) is 5.92 Å². The van der Waals surface area contributed by atoms with Gasteiger partial charge < -0.3 is 5.32 Å². The second-order valence-electron chi connectivity index (χ2n) is 5.27. The monoisotopic (exact) mass is 287 g/mol. The molecule has 0 aliphatic carbocycles. The van der Waals surface area contributed by atoms with E-state index in [4.69, 9.17) is 0 Å². The maximum Gasteiger partial charge on any atom is 0.217 e. The third-order valence-electron chi connectivity index (χ3n) is 3.24. The zero-order valence-electron chi connectivity index (χ0n) is 12.9. The quantitative estimate of drug-likeness (QED) is 0.915. The number of aryl methyl sites for hydroxylation is 1. The Morgan fingerprint density at radius 2 is 2.00 bits per heavy atom.